The van der Waals surface area contributed by atoms with Crippen LogP contribution in [0.3, 0.4) is 0 Å². The van der Waals surface area contributed by atoms with Crippen LogP contribution in [0.5, 0.6) is 17.2 Å². The highest BCUT2D eigenvalue weighted by atomic mass is 35.5. The van der Waals surface area contributed by atoms with Crippen molar-refractivity contribution >= 4 is 22.5 Å². The van der Waals surface area contributed by atoms with Gasteiger partial charge in [0.2, 0.25) is 0 Å². The quantitative estimate of drug-likeness (QED) is 0.625. The summed E-state index contributed by atoms with van der Waals surface area (Å²) in [6, 6.07) is 13.5. The molecule has 0 N–H and O–H groups in total. The molecule has 0 radical (unpaired) electrons. The third kappa shape index (κ3) is 2.69. The number of hydrogen-bond acceptors (Lipinski definition) is 3. The van der Waals surface area contributed by atoms with Crippen molar-refractivity contribution in [3.63, 3.8) is 0 Å². The zero-order valence-corrected chi connectivity index (χ0v) is 14.3. The first-order valence-corrected chi connectivity index (χ1v) is 8.56. The summed E-state index contributed by atoms with van der Waals surface area (Å²) in [7, 11) is 1.63. The number of rotatable bonds is 3. The molecule has 4 heteroatoms. The van der Waals surface area contributed by atoms with Crippen LogP contribution in [-0.2, 0) is 12.8 Å². The van der Waals surface area contributed by atoms with Gasteiger partial charge < -0.3 is 9.47 Å². The van der Waals surface area contributed by atoms with Gasteiger partial charge in [0.25, 0.3) is 0 Å². The van der Waals surface area contributed by atoms with E-state index in [-0.39, 0.29) is 0 Å². The van der Waals surface area contributed by atoms with Crippen molar-refractivity contribution in [1.29, 1.82) is 0 Å². The van der Waals surface area contributed by atoms with Crippen LogP contribution in [0, 0.1) is 0 Å². The number of para-hydroxylation sites is 2. The van der Waals surface area contributed by atoms with Crippen LogP contribution in [-0.4, -0.2) is 12.1 Å². The van der Waals surface area contributed by atoms with Crippen LogP contribution in [0.1, 0.15) is 24.1 Å². The first-order valence-electron chi connectivity index (χ1n) is 8.18. The summed E-state index contributed by atoms with van der Waals surface area (Å²) in [6.07, 6.45) is 4.40. The van der Waals surface area contributed by atoms with Gasteiger partial charge >= 0.3 is 0 Å². The number of aryl methyl sites for hydroxylation is 1. The number of halogens is 1. The van der Waals surface area contributed by atoms with Crippen LogP contribution < -0.4 is 9.47 Å². The Morgan fingerprint density at radius 1 is 1.00 bits per heavy atom. The predicted octanol–water partition coefficient (Wildman–Crippen LogP) is 5.57. The molecule has 1 aliphatic carbocycles. The maximum Gasteiger partial charge on any atom is 0.169 e. The highest BCUT2D eigenvalue weighted by Gasteiger charge is 2.17. The highest BCUT2D eigenvalue weighted by molar-refractivity contribution is 6.36. The molecule has 1 aliphatic rings. The summed E-state index contributed by atoms with van der Waals surface area (Å²) < 4.78 is 11.3. The molecule has 0 unspecified atom stereocenters. The fourth-order valence-electron chi connectivity index (χ4n) is 3.24. The molecule has 0 aliphatic heterocycles. The van der Waals surface area contributed by atoms with Crippen LogP contribution in [0.4, 0.5) is 0 Å². The molecule has 2 aromatic carbocycles. The normalized spacial score (nSPS) is 13.6. The monoisotopic (exact) mass is 339 g/mol. The molecule has 0 spiro atoms. The smallest absolute Gasteiger partial charge is 0.169 e. The minimum absolute atomic E-state index is 0.682. The largest absolute Gasteiger partial charge is 0.493 e. The number of methoxy groups -OCH3 is 1. The van der Waals surface area contributed by atoms with Crippen molar-refractivity contribution < 1.29 is 9.47 Å². The van der Waals surface area contributed by atoms with E-state index in [1.54, 1.807) is 7.11 Å². The number of pyridine rings is 1. The molecular formula is C20H18ClNO2. The second-order valence-electron chi connectivity index (χ2n) is 5.99. The summed E-state index contributed by atoms with van der Waals surface area (Å²) in [5, 5.41) is 1.77. The Morgan fingerprint density at radius 2 is 1.79 bits per heavy atom. The Hall–Kier alpha value is -2.26. The zero-order chi connectivity index (χ0) is 16.5. The second-order valence-corrected chi connectivity index (χ2v) is 6.37. The van der Waals surface area contributed by atoms with Crippen molar-refractivity contribution in [1.82, 2.24) is 4.98 Å². The van der Waals surface area contributed by atoms with E-state index in [1.165, 1.54) is 18.4 Å². The molecule has 0 saturated carbocycles. The molecule has 0 fully saturated rings. The maximum absolute atomic E-state index is 6.67. The first-order chi connectivity index (χ1) is 11.8. The molecule has 1 aromatic heterocycles. The molecule has 122 valence electrons. The molecule has 24 heavy (non-hydrogen) atoms. The number of nitrogens with zero attached hydrogens (tertiary/aromatic N) is 1. The van der Waals surface area contributed by atoms with Crippen molar-refractivity contribution in [3.05, 3.63) is 58.7 Å². The van der Waals surface area contributed by atoms with Gasteiger partial charge in [0.15, 0.2) is 11.5 Å². The van der Waals surface area contributed by atoms with E-state index >= 15 is 0 Å². The third-order valence-corrected chi connectivity index (χ3v) is 4.89. The van der Waals surface area contributed by atoms with Gasteiger partial charge in [-0.3, -0.25) is 4.98 Å². The van der Waals surface area contributed by atoms with E-state index in [0.29, 0.717) is 11.5 Å². The fourth-order valence-corrected chi connectivity index (χ4v) is 3.59. The van der Waals surface area contributed by atoms with E-state index in [2.05, 4.69) is 0 Å². The van der Waals surface area contributed by atoms with Gasteiger partial charge in [0.1, 0.15) is 5.75 Å². The van der Waals surface area contributed by atoms with Gasteiger partial charge in [-0.2, -0.15) is 0 Å². The number of fused-ring (bicyclic) bond motifs is 2. The topological polar surface area (TPSA) is 31.4 Å². The van der Waals surface area contributed by atoms with Gasteiger partial charge in [0.05, 0.1) is 17.6 Å². The zero-order valence-electron chi connectivity index (χ0n) is 13.5. The fraction of sp³-hybridized carbons (Fsp3) is 0.250. The Bertz CT molecular complexity index is 908. The average Bonchev–Trinajstić information content (AvgIpc) is 2.63. The first kappa shape index (κ1) is 15.3. The highest BCUT2D eigenvalue weighted by Crippen LogP contribution is 2.36. The van der Waals surface area contributed by atoms with Crippen LogP contribution in [0.2, 0.25) is 5.02 Å². The molecule has 3 aromatic rings. The Balaban J connectivity index is 1.76. The number of aromatic nitrogens is 1. The molecule has 0 saturated heterocycles. The standard InChI is InChI=1S/C20H18ClNO2/c1-23-18-8-4-5-9-19(18)24-13-10-11-17-15(12-13)20(21)14-6-2-3-7-16(14)22-17/h4-5,8-12H,2-3,6-7H2,1H3. The Labute approximate surface area is 146 Å². The molecule has 0 atom stereocenters. The molecular weight excluding hydrogens is 322 g/mol. The van der Waals surface area contributed by atoms with Gasteiger partial charge in [-0.15, -0.1) is 0 Å². The van der Waals surface area contributed by atoms with E-state index in [9.17, 15) is 0 Å². The minimum atomic E-state index is 0.682. The van der Waals surface area contributed by atoms with Crippen LogP contribution in [0.15, 0.2) is 42.5 Å². The number of benzene rings is 2. The summed E-state index contributed by atoms with van der Waals surface area (Å²) >= 11 is 6.67. The Kier molecular flexibility index (Phi) is 4.03. The van der Waals surface area contributed by atoms with Crippen LogP contribution >= 0.6 is 11.6 Å². The predicted molar refractivity (Wildman–Crippen MR) is 96.5 cm³/mol. The van der Waals surface area contributed by atoms with Crippen molar-refractivity contribution in [2.75, 3.05) is 7.11 Å². The maximum atomic E-state index is 6.67. The Morgan fingerprint density at radius 3 is 2.62 bits per heavy atom. The molecule has 0 bridgehead atoms. The lowest BCUT2D eigenvalue weighted by atomic mass is 9.94. The summed E-state index contributed by atoms with van der Waals surface area (Å²) in [5.74, 6) is 2.11. The summed E-state index contributed by atoms with van der Waals surface area (Å²) in [4.78, 5) is 4.79. The van der Waals surface area contributed by atoms with Gasteiger partial charge in [0, 0.05) is 11.1 Å². The van der Waals surface area contributed by atoms with Crippen molar-refractivity contribution in [2.45, 2.75) is 25.7 Å². The lowest BCUT2D eigenvalue weighted by molar-refractivity contribution is 0.379. The average molecular weight is 340 g/mol. The number of ether oxygens (including phenoxy) is 2. The molecule has 3 nitrogen and oxygen atoms in total. The van der Waals surface area contributed by atoms with E-state index < -0.39 is 0 Å². The van der Waals surface area contributed by atoms with E-state index in [4.69, 9.17) is 26.1 Å². The van der Waals surface area contributed by atoms with Crippen LogP contribution in [0.25, 0.3) is 10.9 Å². The van der Waals surface area contributed by atoms with E-state index in [0.717, 1.165) is 40.2 Å². The molecule has 1 heterocycles. The summed E-state index contributed by atoms with van der Waals surface area (Å²) in [5.41, 5.74) is 3.27. The molecule has 4 rings (SSSR count). The summed E-state index contributed by atoms with van der Waals surface area (Å²) in [6.45, 7) is 0. The van der Waals surface area contributed by atoms with Gasteiger partial charge in [-0.1, -0.05) is 23.7 Å². The van der Waals surface area contributed by atoms with Crippen molar-refractivity contribution in [2.24, 2.45) is 0 Å². The SMILES string of the molecule is COc1ccccc1Oc1ccc2nc3c(c(Cl)c2c1)CCCC3. The van der Waals surface area contributed by atoms with Crippen molar-refractivity contribution in [3.8, 4) is 17.2 Å². The lowest BCUT2D eigenvalue weighted by Crippen LogP contribution is -2.06. The second kappa shape index (κ2) is 6.33. The molecule has 0 amide bonds. The third-order valence-electron chi connectivity index (χ3n) is 4.46. The van der Waals surface area contributed by atoms with Gasteiger partial charge in [-0.25, -0.2) is 0 Å². The van der Waals surface area contributed by atoms with E-state index in [1.807, 2.05) is 42.5 Å². The minimum Gasteiger partial charge on any atom is -0.493 e. The van der Waals surface area contributed by atoms with Gasteiger partial charge in [-0.05, 0) is 61.6 Å². The lowest BCUT2D eigenvalue weighted by Gasteiger charge is -2.18. The number of hydrogen-bond donors (Lipinski definition) is 0.